The molecule has 0 bridgehead atoms. The monoisotopic (exact) mass is 422 g/mol. The fraction of sp³-hybridized carbons (Fsp3) is 0.292. The normalized spacial score (nSPS) is 10.7. The van der Waals surface area contributed by atoms with Crippen LogP contribution in [0.25, 0.3) is 11.0 Å². The summed E-state index contributed by atoms with van der Waals surface area (Å²) in [5.74, 6) is -1.33. The van der Waals surface area contributed by atoms with Gasteiger partial charge in [-0.05, 0) is 56.2 Å². The molecule has 0 radical (unpaired) electrons. The van der Waals surface area contributed by atoms with Crippen molar-refractivity contribution >= 4 is 34.4 Å². The highest BCUT2D eigenvalue weighted by Gasteiger charge is 2.17. The Labute approximate surface area is 181 Å². The van der Waals surface area contributed by atoms with Crippen molar-refractivity contribution in [1.29, 1.82) is 0 Å². The Kier molecular flexibility index (Phi) is 6.74. The van der Waals surface area contributed by atoms with Crippen LogP contribution in [0.15, 0.2) is 47.1 Å². The zero-order chi connectivity index (χ0) is 22.5. The molecule has 0 fully saturated rings. The summed E-state index contributed by atoms with van der Waals surface area (Å²) < 4.78 is 10.6. The first-order valence-corrected chi connectivity index (χ1v) is 9.96. The number of rotatable bonds is 7. The Morgan fingerprint density at radius 1 is 1.03 bits per heavy atom. The van der Waals surface area contributed by atoms with Gasteiger partial charge in [-0.2, -0.15) is 0 Å². The van der Waals surface area contributed by atoms with Crippen LogP contribution < -0.4 is 5.32 Å². The van der Waals surface area contributed by atoms with Crippen molar-refractivity contribution in [3.05, 3.63) is 64.9 Å². The van der Waals surface area contributed by atoms with E-state index in [1.807, 2.05) is 45.0 Å². The summed E-state index contributed by atoms with van der Waals surface area (Å²) in [5, 5.41) is 3.58. The van der Waals surface area contributed by atoms with Gasteiger partial charge in [-0.25, -0.2) is 0 Å². The molecule has 0 unspecified atom stereocenters. The zero-order valence-electron chi connectivity index (χ0n) is 18.2. The molecule has 0 aliphatic heterocycles. The molecule has 0 saturated carbocycles. The number of ether oxygens (including phenoxy) is 1. The molecule has 2 aromatic carbocycles. The summed E-state index contributed by atoms with van der Waals surface area (Å²) in [6, 6.07) is 11.3. The molecule has 1 heterocycles. The highest BCUT2D eigenvalue weighted by Crippen LogP contribution is 2.25. The van der Waals surface area contributed by atoms with E-state index in [1.165, 1.54) is 18.2 Å². The SMILES string of the molecule is Cc1ccc(NC(=O)CN(C)C(=O)COC(=O)Cc2coc3cc(C)c(C)cc23)cc1. The molecule has 1 aromatic heterocycles. The largest absolute Gasteiger partial charge is 0.464 e. The van der Waals surface area contributed by atoms with Gasteiger partial charge >= 0.3 is 5.97 Å². The minimum Gasteiger partial charge on any atom is -0.464 e. The lowest BCUT2D eigenvalue weighted by atomic mass is 10.0. The molecule has 162 valence electrons. The first-order valence-electron chi connectivity index (χ1n) is 9.96. The van der Waals surface area contributed by atoms with Gasteiger partial charge < -0.3 is 19.4 Å². The number of anilines is 1. The third-order valence-electron chi connectivity index (χ3n) is 5.10. The highest BCUT2D eigenvalue weighted by molar-refractivity contribution is 5.95. The van der Waals surface area contributed by atoms with Crippen molar-refractivity contribution < 1.29 is 23.5 Å². The first-order chi connectivity index (χ1) is 14.7. The van der Waals surface area contributed by atoms with Gasteiger partial charge in [0.1, 0.15) is 5.58 Å². The molecule has 0 aliphatic rings. The minimum absolute atomic E-state index is 0.000402. The van der Waals surface area contributed by atoms with Gasteiger partial charge in [-0.1, -0.05) is 17.7 Å². The van der Waals surface area contributed by atoms with Gasteiger partial charge in [0, 0.05) is 23.7 Å². The fourth-order valence-corrected chi connectivity index (χ4v) is 3.07. The number of carbonyl (C=O) groups excluding carboxylic acids is 3. The van der Waals surface area contributed by atoms with Gasteiger partial charge in [-0.3, -0.25) is 14.4 Å². The number of benzene rings is 2. The average Bonchev–Trinajstić information content (AvgIpc) is 3.09. The molecule has 2 amide bonds. The number of esters is 1. The summed E-state index contributed by atoms with van der Waals surface area (Å²) >= 11 is 0. The third-order valence-corrected chi connectivity index (χ3v) is 5.10. The molecule has 3 rings (SSSR count). The summed E-state index contributed by atoms with van der Waals surface area (Å²) in [6.45, 7) is 5.37. The lowest BCUT2D eigenvalue weighted by molar-refractivity contribution is -0.151. The number of hydrogen-bond donors (Lipinski definition) is 1. The predicted molar refractivity (Wildman–Crippen MR) is 118 cm³/mol. The van der Waals surface area contributed by atoms with Crippen molar-refractivity contribution in [2.75, 3.05) is 25.5 Å². The Hall–Kier alpha value is -3.61. The number of nitrogens with one attached hydrogen (secondary N) is 1. The number of carbonyl (C=O) groups is 3. The summed E-state index contributed by atoms with van der Waals surface area (Å²) in [5.41, 5.74) is 5.37. The van der Waals surface area contributed by atoms with Crippen molar-refractivity contribution in [2.24, 2.45) is 0 Å². The van der Waals surface area contributed by atoms with Crippen LogP contribution >= 0.6 is 0 Å². The summed E-state index contributed by atoms with van der Waals surface area (Å²) in [6.07, 6.45) is 1.54. The van der Waals surface area contributed by atoms with Crippen LogP contribution in [0.5, 0.6) is 0 Å². The van der Waals surface area contributed by atoms with Gasteiger partial charge in [0.25, 0.3) is 5.91 Å². The lowest BCUT2D eigenvalue weighted by Gasteiger charge is -2.16. The van der Waals surface area contributed by atoms with Crippen LogP contribution in [0.2, 0.25) is 0 Å². The van der Waals surface area contributed by atoms with Crippen LogP contribution in [0.1, 0.15) is 22.3 Å². The molecular formula is C24H26N2O5. The topological polar surface area (TPSA) is 88.9 Å². The molecule has 31 heavy (non-hydrogen) atoms. The molecule has 7 heteroatoms. The number of likely N-dealkylation sites (N-methyl/N-ethyl adjacent to an activating group) is 1. The molecule has 0 spiro atoms. The molecule has 0 atom stereocenters. The van der Waals surface area contributed by atoms with Crippen molar-refractivity contribution in [3.8, 4) is 0 Å². The Morgan fingerprint density at radius 2 is 1.71 bits per heavy atom. The van der Waals surface area contributed by atoms with E-state index >= 15 is 0 Å². The van der Waals surface area contributed by atoms with E-state index in [0.717, 1.165) is 22.1 Å². The maximum absolute atomic E-state index is 12.2. The van der Waals surface area contributed by atoms with Gasteiger partial charge in [-0.15, -0.1) is 0 Å². The summed E-state index contributed by atoms with van der Waals surface area (Å²) in [7, 11) is 1.49. The van der Waals surface area contributed by atoms with E-state index in [2.05, 4.69) is 5.32 Å². The second-order valence-corrected chi connectivity index (χ2v) is 7.70. The van der Waals surface area contributed by atoms with E-state index in [9.17, 15) is 14.4 Å². The maximum atomic E-state index is 12.2. The van der Waals surface area contributed by atoms with Gasteiger partial charge in [0.15, 0.2) is 6.61 Å². The first kappa shape index (κ1) is 22.1. The highest BCUT2D eigenvalue weighted by atomic mass is 16.5. The molecular weight excluding hydrogens is 396 g/mol. The standard InChI is InChI=1S/C24H26N2O5/c1-15-5-7-19(8-6-15)25-22(27)12-26(4)23(28)14-31-24(29)11-18-13-30-21-10-17(3)16(2)9-20(18)21/h5-10,13H,11-12,14H2,1-4H3,(H,25,27). The van der Waals surface area contributed by atoms with Crippen molar-refractivity contribution in [3.63, 3.8) is 0 Å². The average molecular weight is 422 g/mol. The van der Waals surface area contributed by atoms with E-state index in [0.29, 0.717) is 16.8 Å². The number of furan rings is 1. The molecule has 0 aliphatic carbocycles. The zero-order valence-corrected chi connectivity index (χ0v) is 18.2. The third kappa shape index (κ3) is 5.72. The smallest absolute Gasteiger partial charge is 0.310 e. The minimum atomic E-state index is -0.535. The fourth-order valence-electron chi connectivity index (χ4n) is 3.07. The molecule has 1 N–H and O–H groups in total. The Morgan fingerprint density at radius 3 is 2.42 bits per heavy atom. The van der Waals surface area contributed by atoms with Crippen LogP contribution in [0, 0.1) is 20.8 Å². The van der Waals surface area contributed by atoms with E-state index < -0.39 is 18.5 Å². The summed E-state index contributed by atoms with van der Waals surface area (Å²) in [4.78, 5) is 37.8. The van der Waals surface area contributed by atoms with E-state index in [4.69, 9.17) is 9.15 Å². The van der Waals surface area contributed by atoms with E-state index in [1.54, 1.807) is 12.1 Å². The van der Waals surface area contributed by atoms with Crippen LogP contribution in [0.3, 0.4) is 0 Å². The second kappa shape index (κ2) is 9.47. The Bertz CT molecular complexity index is 1110. The van der Waals surface area contributed by atoms with Crippen molar-refractivity contribution in [2.45, 2.75) is 27.2 Å². The van der Waals surface area contributed by atoms with E-state index in [-0.39, 0.29) is 18.9 Å². The maximum Gasteiger partial charge on any atom is 0.310 e. The number of amides is 2. The number of fused-ring (bicyclic) bond motifs is 1. The van der Waals surface area contributed by atoms with Gasteiger partial charge in [0.05, 0.1) is 19.2 Å². The van der Waals surface area contributed by atoms with Crippen LogP contribution in [-0.4, -0.2) is 42.9 Å². The number of nitrogens with zero attached hydrogens (tertiary/aromatic N) is 1. The molecule has 0 saturated heterocycles. The molecule has 3 aromatic rings. The number of hydrogen-bond acceptors (Lipinski definition) is 5. The predicted octanol–water partition coefficient (Wildman–Crippen LogP) is 3.54. The molecule has 7 nitrogen and oxygen atoms in total. The van der Waals surface area contributed by atoms with Crippen LogP contribution in [-0.2, 0) is 25.5 Å². The van der Waals surface area contributed by atoms with Gasteiger partial charge in [0.2, 0.25) is 5.91 Å². The Balaban J connectivity index is 1.48. The number of aryl methyl sites for hydroxylation is 3. The van der Waals surface area contributed by atoms with Crippen LogP contribution in [0.4, 0.5) is 5.69 Å². The quantitative estimate of drug-likeness (QED) is 0.589. The second-order valence-electron chi connectivity index (χ2n) is 7.70. The lowest BCUT2D eigenvalue weighted by Crippen LogP contribution is -2.37. The van der Waals surface area contributed by atoms with Crippen molar-refractivity contribution in [1.82, 2.24) is 4.90 Å².